The average molecular weight is 251 g/mol. The lowest BCUT2D eigenvalue weighted by molar-refractivity contribution is 0.0402. The average Bonchev–Trinajstić information content (AvgIpc) is 2.27. The zero-order valence-electron chi connectivity index (χ0n) is 11.9. The van der Waals surface area contributed by atoms with Crippen molar-refractivity contribution in [1.82, 2.24) is 4.90 Å². The molecule has 0 aliphatic carbocycles. The number of benzene rings is 1. The quantitative estimate of drug-likeness (QED) is 0.809. The maximum absolute atomic E-state index is 9.30. The fraction of sp³-hybridized carbons (Fsp3) is 0.600. The molecule has 0 aliphatic rings. The molecule has 18 heavy (non-hydrogen) atoms. The largest absolute Gasteiger partial charge is 0.396 e. The van der Waals surface area contributed by atoms with Crippen molar-refractivity contribution in [3.05, 3.63) is 34.9 Å². The van der Waals surface area contributed by atoms with Gasteiger partial charge in [0.1, 0.15) is 0 Å². The zero-order valence-corrected chi connectivity index (χ0v) is 11.9. The van der Waals surface area contributed by atoms with E-state index in [1.807, 2.05) is 14.0 Å². The van der Waals surface area contributed by atoms with E-state index < -0.39 is 5.41 Å². The van der Waals surface area contributed by atoms with Gasteiger partial charge in [-0.1, -0.05) is 36.2 Å². The summed E-state index contributed by atoms with van der Waals surface area (Å²) in [7, 11) is 2.02. The van der Waals surface area contributed by atoms with Crippen LogP contribution in [-0.2, 0) is 6.54 Å². The second kappa shape index (κ2) is 6.32. The van der Waals surface area contributed by atoms with Gasteiger partial charge >= 0.3 is 0 Å². The number of aryl methyl sites for hydroxylation is 2. The highest BCUT2D eigenvalue weighted by Gasteiger charge is 2.24. The number of aliphatic hydroxyl groups is 2. The summed E-state index contributed by atoms with van der Waals surface area (Å²) in [6, 6.07) is 6.52. The molecule has 0 unspecified atom stereocenters. The van der Waals surface area contributed by atoms with E-state index in [4.69, 9.17) is 0 Å². The first-order chi connectivity index (χ1) is 8.38. The molecule has 0 spiro atoms. The van der Waals surface area contributed by atoms with Crippen molar-refractivity contribution in [1.29, 1.82) is 0 Å². The van der Waals surface area contributed by atoms with E-state index in [2.05, 4.69) is 36.9 Å². The Morgan fingerprint density at radius 1 is 1.06 bits per heavy atom. The molecule has 0 aliphatic heterocycles. The van der Waals surface area contributed by atoms with Gasteiger partial charge in [-0.2, -0.15) is 0 Å². The van der Waals surface area contributed by atoms with Crippen LogP contribution in [0.5, 0.6) is 0 Å². The molecule has 3 heteroatoms. The third kappa shape index (κ3) is 4.41. The van der Waals surface area contributed by atoms with Crippen molar-refractivity contribution in [3.8, 4) is 0 Å². The monoisotopic (exact) mass is 251 g/mol. The standard InChI is InChI=1S/C15H25NO2/c1-12-5-13(2)7-14(6-12)8-16(4)9-15(3,10-17)11-18/h5-7,17-18H,8-11H2,1-4H3. The first-order valence-corrected chi connectivity index (χ1v) is 6.36. The Balaban J connectivity index is 2.67. The number of aliphatic hydroxyl groups excluding tert-OH is 2. The molecule has 1 aromatic rings. The smallest absolute Gasteiger partial charge is 0.0519 e. The summed E-state index contributed by atoms with van der Waals surface area (Å²) in [5, 5.41) is 18.6. The van der Waals surface area contributed by atoms with E-state index in [0.717, 1.165) is 6.54 Å². The van der Waals surface area contributed by atoms with Crippen LogP contribution in [-0.4, -0.2) is 41.9 Å². The molecule has 0 amide bonds. The van der Waals surface area contributed by atoms with E-state index in [0.29, 0.717) is 6.54 Å². The molecule has 0 saturated heterocycles. The highest BCUT2D eigenvalue weighted by molar-refractivity contribution is 5.28. The minimum Gasteiger partial charge on any atom is -0.396 e. The molecule has 0 atom stereocenters. The lowest BCUT2D eigenvalue weighted by Gasteiger charge is -2.30. The van der Waals surface area contributed by atoms with E-state index in [9.17, 15) is 10.2 Å². The summed E-state index contributed by atoms with van der Waals surface area (Å²) in [5.74, 6) is 0. The van der Waals surface area contributed by atoms with Gasteiger partial charge in [0.25, 0.3) is 0 Å². The molecule has 2 N–H and O–H groups in total. The molecule has 0 radical (unpaired) electrons. The van der Waals surface area contributed by atoms with Crippen LogP contribution < -0.4 is 0 Å². The Morgan fingerprint density at radius 2 is 1.56 bits per heavy atom. The lowest BCUT2D eigenvalue weighted by atomic mass is 9.92. The third-order valence-corrected chi connectivity index (χ3v) is 3.15. The molecule has 0 aromatic heterocycles. The normalized spacial score (nSPS) is 12.2. The highest BCUT2D eigenvalue weighted by atomic mass is 16.3. The minimum atomic E-state index is -0.437. The molecular formula is C15H25NO2. The first-order valence-electron chi connectivity index (χ1n) is 6.36. The van der Waals surface area contributed by atoms with Gasteiger partial charge in [-0.05, 0) is 26.5 Å². The number of hydrogen-bond acceptors (Lipinski definition) is 3. The van der Waals surface area contributed by atoms with Gasteiger partial charge < -0.3 is 15.1 Å². The Morgan fingerprint density at radius 3 is 2.00 bits per heavy atom. The molecule has 1 rings (SSSR count). The maximum atomic E-state index is 9.30. The Labute approximate surface area is 110 Å². The molecule has 1 aromatic carbocycles. The fourth-order valence-corrected chi connectivity index (χ4v) is 2.33. The van der Waals surface area contributed by atoms with Crippen molar-refractivity contribution in [2.24, 2.45) is 5.41 Å². The van der Waals surface area contributed by atoms with Crippen LogP contribution in [0.2, 0.25) is 0 Å². The second-order valence-electron chi connectivity index (χ2n) is 5.80. The molecule has 0 heterocycles. The van der Waals surface area contributed by atoms with Crippen LogP contribution in [0.1, 0.15) is 23.6 Å². The van der Waals surface area contributed by atoms with Gasteiger partial charge in [-0.3, -0.25) is 0 Å². The minimum absolute atomic E-state index is 0.000680. The predicted molar refractivity (Wildman–Crippen MR) is 74.5 cm³/mol. The highest BCUT2D eigenvalue weighted by Crippen LogP contribution is 2.17. The third-order valence-electron chi connectivity index (χ3n) is 3.15. The SMILES string of the molecule is Cc1cc(C)cc(CN(C)CC(C)(CO)CO)c1. The van der Waals surface area contributed by atoms with E-state index in [1.54, 1.807) is 0 Å². The van der Waals surface area contributed by atoms with Crippen LogP contribution >= 0.6 is 0 Å². The van der Waals surface area contributed by atoms with Gasteiger partial charge in [-0.15, -0.1) is 0 Å². The Hall–Kier alpha value is -0.900. The number of nitrogens with zero attached hydrogens (tertiary/aromatic N) is 1. The first kappa shape index (κ1) is 15.2. The topological polar surface area (TPSA) is 43.7 Å². The summed E-state index contributed by atoms with van der Waals surface area (Å²) < 4.78 is 0. The summed E-state index contributed by atoms with van der Waals surface area (Å²) in [6.45, 7) is 7.60. The number of rotatable bonds is 6. The van der Waals surface area contributed by atoms with Gasteiger partial charge in [0, 0.05) is 18.5 Å². The molecule has 102 valence electrons. The molecule has 0 bridgehead atoms. The van der Waals surface area contributed by atoms with Crippen LogP contribution in [0.25, 0.3) is 0 Å². The van der Waals surface area contributed by atoms with E-state index >= 15 is 0 Å². The van der Waals surface area contributed by atoms with E-state index in [-0.39, 0.29) is 13.2 Å². The molecule has 3 nitrogen and oxygen atoms in total. The predicted octanol–water partition coefficient (Wildman–Crippen LogP) is 1.73. The Bertz CT molecular complexity index is 366. The number of hydrogen-bond donors (Lipinski definition) is 2. The van der Waals surface area contributed by atoms with Gasteiger partial charge in [0.15, 0.2) is 0 Å². The molecular weight excluding hydrogens is 226 g/mol. The van der Waals surface area contributed by atoms with Crippen LogP contribution in [0.15, 0.2) is 18.2 Å². The van der Waals surface area contributed by atoms with Crippen molar-refractivity contribution >= 4 is 0 Å². The Kier molecular flexibility index (Phi) is 5.32. The maximum Gasteiger partial charge on any atom is 0.0519 e. The second-order valence-corrected chi connectivity index (χ2v) is 5.80. The van der Waals surface area contributed by atoms with Gasteiger partial charge in [-0.25, -0.2) is 0 Å². The van der Waals surface area contributed by atoms with Crippen molar-refractivity contribution in [3.63, 3.8) is 0 Å². The summed E-state index contributed by atoms with van der Waals surface area (Å²) in [4.78, 5) is 2.14. The van der Waals surface area contributed by atoms with Crippen molar-refractivity contribution in [2.75, 3.05) is 26.8 Å². The molecule has 0 fully saturated rings. The van der Waals surface area contributed by atoms with Gasteiger partial charge in [0.05, 0.1) is 13.2 Å². The summed E-state index contributed by atoms with van der Waals surface area (Å²) >= 11 is 0. The zero-order chi connectivity index (χ0) is 13.8. The van der Waals surface area contributed by atoms with Crippen molar-refractivity contribution in [2.45, 2.75) is 27.3 Å². The summed E-state index contributed by atoms with van der Waals surface area (Å²) in [6.07, 6.45) is 0. The van der Waals surface area contributed by atoms with Crippen LogP contribution in [0, 0.1) is 19.3 Å². The van der Waals surface area contributed by atoms with Crippen molar-refractivity contribution < 1.29 is 10.2 Å². The summed E-state index contributed by atoms with van der Waals surface area (Å²) in [5.41, 5.74) is 3.37. The van der Waals surface area contributed by atoms with Crippen LogP contribution in [0.3, 0.4) is 0 Å². The van der Waals surface area contributed by atoms with E-state index in [1.165, 1.54) is 16.7 Å². The van der Waals surface area contributed by atoms with Gasteiger partial charge in [0.2, 0.25) is 0 Å². The lowest BCUT2D eigenvalue weighted by Crippen LogP contribution is -2.38. The fourth-order valence-electron chi connectivity index (χ4n) is 2.33. The molecule has 0 saturated carbocycles. The van der Waals surface area contributed by atoms with Crippen LogP contribution in [0.4, 0.5) is 0 Å².